The summed E-state index contributed by atoms with van der Waals surface area (Å²) in [4.78, 5) is 11.3. The lowest BCUT2D eigenvalue weighted by Crippen LogP contribution is -1.97. The Kier molecular flexibility index (Phi) is 2.83. The third-order valence-corrected chi connectivity index (χ3v) is 3.47. The van der Waals surface area contributed by atoms with Gasteiger partial charge in [-0.15, -0.1) is 0 Å². The number of aromatic carboxylic acids is 1. The number of rotatable bonds is 2. The number of carboxylic acids is 1. The molecule has 0 unspecified atom stereocenters. The molecule has 0 saturated heterocycles. The first kappa shape index (κ1) is 11.9. The van der Waals surface area contributed by atoms with Crippen LogP contribution < -0.4 is 0 Å². The molecule has 5 heteroatoms. The summed E-state index contributed by atoms with van der Waals surface area (Å²) in [5.41, 5.74) is 2.51. The Morgan fingerprint density at radius 2 is 1.89 bits per heavy atom. The number of benzene rings is 2. The molecule has 0 amide bonds. The van der Waals surface area contributed by atoms with Gasteiger partial charge in [0.2, 0.25) is 0 Å². The second-order valence-electron chi connectivity index (χ2n) is 4.11. The summed E-state index contributed by atoms with van der Waals surface area (Å²) in [7, 11) is 0. The number of fused-ring (bicyclic) bond motifs is 1. The molecule has 0 fully saturated rings. The minimum atomic E-state index is -0.953. The fraction of sp³-hybridized carbons (Fsp3) is 0. The van der Waals surface area contributed by atoms with Gasteiger partial charge in [-0.2, -0.15) is 5.10 Å². The Bertz CT molecular complexity index is 763. The minimum Gasteiger partial charge on any atom is -0.478 e. The highest BCUT2D eigenvalue weighted by molar-refractivity contribution is 9.10. The first-order chi connectivity index (χ1) is 9.16. The number of H-pyrrole nitrogens is 1. The van der Waals surface area contributed by atoms with Crippen molar-refractivity contribution in [1.82, 2.24) is 10.2 Å². The highest BCUT2D eigenvalue weighted by Crippen LogP contribution is 2.29. The summed E-state index contributed by atoms with van der Waals surface area (Å²) in [5, 5.41) is 17.0. The van der Waals surface area contributed by atoms with Crippen LogP contribution in [0.2, 0.25) is 0 Å². The predicted octanol–water partition coefficient (Wildman–Crippen LogP) is 3.69. The van der Waals surface area contributed by atoms with Crippen molar-refractivity contribution in [3.8, 4) is 11.3 Å². The average molecular weight is 317 g/mol. The monoisotopic (exact) mass is 316 g/mol. The number of hydrogen-bond acceptors (Lipinski definition) is 2. The maximum atomic E-state index is 11.3. The molecule has 2 aromatic carbocycles. The smallest absolute Gasteiger partial charge is 0.336 e. The summed E-state index contributed by atoms with van der Waals surface area (Å²) in [6, 6.07) is 12.7. The molecule has 0 bridgehead atoms. The molecule has 0 aliphatic heterocycles. The quantitative estimate of drug-likeness (QED) is 0.757. The Hall–Kier alpha value is -2.14. The van der Waals surface area contributed by atoms with E-state index in [0.29, 0.717) is 11.1 Å². The molecule has 0 aliphatic rings. The molecule has 1 aromatic heterocycles. The van der Waals surface area contributed by atoms with Gasteiger partial charge >= 0.3 is 5.97 Å². The van der Waals surface area contributed by atoms with Crippen LogP contribution in [0, 0.1) is 0 Å². The van der Waals surface area contributed by atoms with Gasteiger partial charge < -0.3 is 5.11 Å². The van der Waals surface area contributed by atoms with Crippen LogP contribution in [0.1, 0.15) is 10.4 Å². The molecule has 0 saturated carbocycles. The van der Waals surface area contributed by atoms with Gasteiger partial charge in [-0.3, -0.25) is 5.10 Å². The van der Waals surface area contributed by atoms with E-state index in [2.05, 4.69) is 26.1 Å². The predicted molar refractivity (Wildman–Crippen MR) is 76.2 cm³/mol. The summed E-state index contributed by atoms with van der Waals surface area (Å²) in [6.45, 7) is 0. The van der Waals surface area contributed by atoms with Gasteiger partial charge in [-0.05, 0) is 24.3 Å². The number of nitrogens with zero attached hydrogens (tertiary/aromatic N) is 1. The van der Waals surface area contributed by atoms with Gasteiger partial charge in [0.25, 0.3) is 0 Å². The number of carboxylic acid groups (broad SMARTS) is 1. The number of halogens is 1. The first-order valence-corrected chi connectivity index (χ1v) is 6.42. The fourth-order valence-corrected chi connectivity index (χ4v) is 2.33. The zero-order chi connectivity index (χ0) is 13.4. The van der Waals surface area contributed by atoms with Gasteiger partial charge in [0.1, 0.15) is 5.69 Å². The largest absolute Gasteiger partial charge is 0.478 e. The molecular formula is C14H9BrN2O2. The molecule has 0 radical (unpaired) electrons. The normalized spacial score (nSPS) is 10.8. The zero-order valence-corrected chi connectivity index (χ0v) is 11.3. The number of carbonyl (C=O) groups is 1. The lowest BCUT2D eigenvalue weighted by atomic mass is 10.0. The SMILES string of the molecule is O=C(O)c1cccc2[nH]nc(-c3ccc(Br)cc3)c12. The van der Waals surface area contributed by atoms with Crippen LogP contribution in [-0.4, -0.2) is 21.3 Å². The lowest BCUT2D eigenvalue weighted by Gasteiger charge is -2.01. The molecule has 3 aromatic rings. The molecule has 19 heavy (non-hydrogen) atoms. The van der Waals surface area contributed by atoms with Crippen LogP contribution >= 0.6 is 15.9 Å². The van der Waals surface area contributed by atoms with E-state index in [1.807, 2.05) is 30.3 Å². The number of nitrogens with one attached hydrogen (secondary N) is 1. The number of aromatic amines is 1. The topological polar surface area (TPSA) is 66.0 Å². The van der Waals surface area contributed by atoms with E-state index in [-0.39, 0.29) is 5.56 Å². The zero-order valence-electron chi connectivity index (χ0n) is 9.72. The molecule has 2 N–H and O–H groups in total. The van der Waals surface area contributed by atoms with Crippen LogP contribution in [0.25, 0.3) is 22.2 Å². The van der Waals surface area contributed by atoms with Crippen molar-refractivity contribution in [3.63, 3.8) is 0 Å². The van der Waals surface area contributed by atoms with Crippen LogP contribution in [-0.2, 0) is 0 Å². The Morgan fingerprint density at radius 1 is 1.16 bits per heavy atom. The maximum absolute atomic E-state index is 11.3. The molecule has 0 atom stereocenters. The molecular weight excluding hydrogens is 308 g/mol. The number of aromatic nitrogens is 2. The third kappa shape index (κ3) is 2.02. The molecule has 0 aliphatic carbocycles. The van der Waals surface area contributed by atoms with Crippen molar-refractivity contribution >= 4 is 32.8 Å². The van der Waals surface area contributed by atoms with Gasteiger partial charge in [0, 0.05) is 15.4 Å². The number of hydrogen-bond donors (Lipinski definition) is 2. The highest BCUT2D eigenvalue weighted by Gasteiger charge is 2.15. The second-order valence-corrected chi connectivity index (χ2v) is 5.03. The fourth-order valence-electron chi connectivity index (χ4n) is 2.07. The van der Waals surface area contributed by atoms with Crippen molar-refractivity contribution in [2.24, 2.45) is 0 Å². The summed E-state index contributed by atoms with van der Waals surface area (Å²) < 4.78 is 0.967. The molecule has 94 valence electrons. The maximum Gasteiger partial charge on any atom is 0.336 e. The Labute approximate surface area is 117 Å². The van der Waals surface area contributed by atoms with Crippen LogP contribution in [0.5, 0.6) is 0 Å². The van der Waals surface area contributed by atoms with Crippen LogP contribution in [0.4, 0.5) is 0 Å². The van der Waals surface area contributed by atoms with Crippen molar-refractivity contribution < 1.29 is 9.90 Å². The van der Waals surface area contributed by atoms with Gasteiger partial charge in [-0.25, -0.2) is 4.79 Å². The van der Waals surface area contributed by atoms with E-state index in [1.165, 1.54) is 0 Å². The highest BCUT2D eigenvalue weighted by atomic mass is 79.9. The van der Waals surface area contributed by atoms with Crippen LogP contribution in [0.3, 0.4) is 0 Å². The van der Waals surface area contributed by atoms with Crippen molar-refractivity contribution in [2.45, 2.75) is 0 Å². The second kappa shape index (κ2) is 4.51. The van der Waals surface area contributed by atoms with Crippen molar-refractivity contribution in [3.05, 3.63) is 52.5 Å². The van der Waals surface area contributed by atoms with Crippen LogP contribution in [0.15, 0.2) is 46.9 Å². The van der Waals surface area contributed by atoms with E-state index in [9.17, 15) is 9.90 Å². The van der Waals surface area contributed by atoms with Gasteiger partial charge in [0.15, 0.2) is 0 Å². The van der Waals surface area contributed by atoms with E-state index in [0.717, 1.165) is 15.6 Å². The van der Waals surface area contributed by atoms with E-state index < -0.39 is 5.97 Å². The summed E-state index contributed by atoms with van der Waals surface area (Å²) in [6.07, 6.45) is 0. The molecule has 4 nitrogen and oxygen atoms in total. The van der Waals surface area contributed by atoms with E-state index in [1.54, 1.807) is 12.1 Å². The van der Waals surface area contributed by atoms with E-state index in [4.69, 9.17) is 0 Å². The standard InChI is InChI=1S/C14H9BrN2O2/c15-9-6-4-8(5-7-9)13-12-10(14(18)19)2-1-3-11(12)16-17-13/h1-7H,(H,16,17)(H,18,19). The Morgan fingerprint density at radius 3 is 2.58 bits per heavy atom. The molecule has 0 spiro atoms. The average Bonchev–Trinajstić information content (AvgIpc) is 2.83. The first-order valence-electron chi connectivity index (χ1n) is 5.63. The van der Waals surface area contributed by atoms with Crippen molar-refractivity contribution in [2.75, 3.05) is 0 Å². The summed E-state index contributed by atoms with van der Waals surface area (Å²) >= 11 is 3.37. The lowest BCUT2D eigenvalue weighted by molar-refractivity contribution is 0.0699. The minimum absolute atomic E-state index is 0.254. The molecule has 3 rings (SSSR count). The van der Waals surface area contributed by atoms with Gasteiger partial charge in [0.05, 0.1) is 11.1 Å². The van der Waals surface area contributed by atoms with E-state index >= 15 is 0 Å². The third-order valence-electron chi connectivity index (χ3n) is 2.94. The van der Waals surface area contributed by atoms with Crippen molar-refractivity contribution in [1.29, 1.82) is 0 Å². The van der Waals surface area contributed by atoms with Gasteiger partial charge in [-0.1, -0.05) is 34.1 Å². The summed E-state index contributed by atoms with van der Waals surface area (Å²) in [5.74, 6) is -0.953. The molecule has 1 heterocycles. The Balaban J connectivity index is 2.30.